The lowest BCUT2D eigenvalue weighted by atomic mass is 10.1. The lowest BCUT2D eigenvalue weighted by Gasteiger charge is -2.12. The number of rotatable bonds is 16. The van der Waals surface area contributed by atoms with Crippen LogP contribution in [0.2, 0.25) is 0 Å². The van der Waals surface area contributed by atoms with Gasteiger partial charge in [0.05, 0.1) is 13.2 Å². The number of ether oxygens (including phenoxy) is 2. The van der Waals surface area contributed by atoms with Gasteiger partial charge in [-0.25, -0.2) is 0 Å². The molecule has 0 saturated carbocycles. The number of para-hydroxylation sites is 1. The summed E-state index contributed by atoms with van der Waals surface area (Å²) in [5.74, 6) is 1.62. The first-order valence-corrected chi connectivity index (χ1v) is 10.1. The Morgan fingerprint density at radius 1 is 0.708 bits per heavy atom. The molecule has 0 fully saturated rings. The third kappa shape index (κ3) is 10.6. The van der Waals surface area contributed by atoms with Crippen LogP contribution in [0.4, 0.5) is 0 Å². The largest absolute Gasteiger partial charge is 0.490 e. The fourth-order valence-electron chi connectivity index (χ4n) is 2.75. The minimum atomic E-state index is 0.764. The second kappa shape index (κ2) is 15.4. The monoisotopic (exact) mass is 333 g/mol. The van der Waals surface area contributed by atoms with Crippen LogP contribution in [-0.2, 0) is 0 Å². The van der Waals surface area contributed by atoms with Crippen LogP contribution in [0.3, 0.4) is 0 Å². The third-order valence-corrected chi connectivity index (χ3v) is 4.28. The maximum Gasteiger partial charge on any atom is 0.169 e. The summed E-state index contributed by atoms with van der Waals surface area (Å²) < 4.78 is 11.8. The lowest BCUT2D eigenvalue weighted by Crippen LogP contribution is -2.02. The highest BCUT2D eigenvalue weighted by molar-refractivity contribution is 5.38. The molecular formula is C22H37O2. The predicted molar refractivity (Wildman–Crippen MR) is 103 cm³/mol. The number of unbranched alkanes of at least 4 members (excludes halogenated alkanes) is 10. The number of hydrogen-bond donors (Lipinski definition) is 0. The molecule has 0 spiro atoms. The molecule has 2 heteroatoms. The molecule has 0 unspecified atom stereocenters. The van der Waals surface area contributed by atoms with Crippen LogP contribution < -0.4 is 9.47 Å². The summed E-state index contributed by atoms with van der Waals surface area (Å²) in [4.78, 5) is 0. The van der Waals surface area contributed by atoms with Gasteiger partial charge >= 0.3 is 0 Å². The van der Waals surface area contributed by atoms with Gasteiger partial charge in [0, 0.05) is 6.07 Å². The lowest BCUT2D eigenvalue weighted by molar-refractivity contribution is 0.258. The Kier molecular flexibility index (Phi) is 13.3. The Bertz CT molecular complexity index is 352. The van der Waals surface area contributed by atoms with E-state index >= 15 is 0 Å². The van der Waals surface area contributed by atoms with E-state index in [4.69, 9.17) is 9.47 Å². The highest BCUT2D eigenvalue weighted by Gasteiger charge is 2.04. The van der Waals surface area contributed by atoms with Gasteiger partial charge in [-0.1, -0.05) is 90.2 Å². The van der Waals surface area contributed by atoms with E-state index in [0.717, 1.165) is 37.6 Å². The molecule has 0 heterocycles. The Labute approximate surface area is 149 Å². The first kappa shape index (κ1) is 20.9. The van der Waals surface area contributed by atoms with Crippen molar-refractivity contribution in [2.24, 2.45) is 0 Å². The second-order valence-corrected chi connectivity index (χ2v) is 6.60. The van der Waals surface area contributed by atoms with Crippen molar-refractivity contribution in [3.8, 4) is 11.5 Å². The van der Waals surface area contributed by atoms with Crippen molar-refractivity contribution < 1.29 is 9.47 Å². The van der Waals surface area contributed by atoms with Crippen molar-refractivity contribution in [1.82, 2.24) is 0 Å². The van der Waals surface area contributed by atoms with E-state index in [0.29, 0.717) is 0 Å². The van der Waals surface area contributed by atoms with Gasteiger partial charge in [0.15, 0.2) is 11.5 Å². The number of benzene rings is 1. The molecular weight excluding hydrogens is 296 g/mol. The smallest absolute Gasteiger partial charge is 0.169 e. The number of hydrogen-bond acceptors (Lipinski definition) is 2. The van der Waals surface area contributed by atoms with Gasteiger partial charge in [0.1, 0.15) is 0 Å². The van der Waals surface area contributed by atoms with Gasteiger partial charge in [0.2, 0.25) is 0 Å². The fourth-order valence-corrected chi connectivity index (χ4v) is 2.75. The Morgan fingerprint density at radius 3 is 1.88 bits per heavy atom. The minimum absolute atomic E-state index is 0.764. The van der Waals surface area contributed by atoms with Crippen LogP contribution in [0, 0.1) is 6.07 Å². The van der Waals surface area contributed by atoms with Gasteiger partial charge < -0.3 is 9.47 Å². The molecule has 24 heavy (non-hydrogen) atoms. The molecule has 1 aromatic rings. The van der Waals surface area contributed by atoms with Crippen molar-refractivity contribution in [2.75, 3.05) is 13.2 Å². The first-order valence-electron chi connectivity index (χ1n) is 10.1. The van der Waals surface area contributed by atoms with Crippen LogP contribution in [0.5, 0.6) is 11.5 Å². The summed E-state index contributed by atoms with van der Waals surface area (Å²) in [6.07, 6.45) is 15.4. The molecule has 0 aliphatic rings. The molecule has 0 saturated heterocycles. The van der Waals surface area contributed by atoms with Crippen LogP contribution in [-0.4, -0.2) is 13.2 Å². The molecule has 0 aliphatic carbocycles. The maximum absolute atomic E-state index is 5.90. The zero-order valence-corrected chi connectivity index (χ0v) is 15.9. The topological polar surface area (TPSA) is 18.5 Å². The summed E-state index contributed by atoms with van der Waals surface area (Å²) in [7, 11) is 0. The zero-order chi connectivity index (χ0) is 17.3. The summed E-state index contributed by atoms with van der Waals surface area (Å²) in [5, 5.41) is 0. The molecule has 0 atom stereocenters. The zero-order valence-electron chi connectivity index (χ0n) is 15.9. The molecule has 0 aromatic heterocycles. The molecule has 1 radical (unpaired) electrons. The van der Waals surface area contributed by atoms with Gasteiger partial charge in [-0.3, -0.25) is 0 Å². The van der Waals surface area contributed by atoms with Gasteiger partial charge in [-0.2, -0.15) is 0 Å². The van der Waals surface area contributed by atoms with Gasteiger partial charge in [0.25, 0.3) is 0 Å². The molecule has 2 nitrogen and oxygen atoms in total. The Hall–Kier alpha value is -1.18. The van der Waals surface area contributed by atoms with Crippen molar-refractivity contribution >= 4 is 0 Å². The maximum atomic E-state index is 5.90. The fraction of sp³-hybridized carbons (Fsp3) is 0.727. The van der Waals surface area contributed by atoms with E-state index in [1.807, 2.05) is 18.2 Å². The van der Waals surface area contributed by atoms with E-state index in [-0.39, 0.29) is 0 Å². The Balaban J connectivity index is 2.14. The van der Waals surface area contributed by atoms with Crippen molar-refractivity contribution in [1.29, 1.82) is 0 Å². The van der Waals surface area contributed by atoms with E-state index in [2.05, 4.69) is 19.9 Å². The van der Waals surface area contributed by atoms with E-state index in [1.165, 1.54) is 64.2 Å². The molecule has 0 N–H and O–H groups in total. The standard InChI is InChI=1S/C22H37O2/c1-3-5-7-9-11-15-19-23-21-17-13-14-18-22(21)24-20-16-12-10-8-6-4-2/h13-14,17H,3-12,15-16,19-20H2,1-2H3. The van der Waals surface area contributed by atoms with E-state index in [9.17, 15) is 0 Å². The molecule has 1 aromatic carbocycles. The SMILES string of the molecule is CCCCCCCCOc1[c]cccc1OCCCCCCCC. The average Bonchev–Trinajstić information content (AvgIpc) is 2.61. The van der Waals surface area contributed by atoms with E-state index < -0.39 is 0 Å². The molecule has 137 valence electrons. The molecule has 0 aliphatic heterocycles. The molecule has 0 bridgehead atoms. The van der Waals surface area contributed by atoms with Crippen molar-refractivity contribution in [3.63, 3.8) is 0 Å². The minimum Gasteiger partial charge on any atom is -0.490 e. The van der Waals surface area contributed by atoms with Gasteiger partial charge in [-0.05, 0) is 18.9 Å². The van der Waals surface area contributed by atoms with Crippen LogP contribution in [0.1, 0.15) is 90.9 Å². The van der Waals surface area contributed by atoms with Crippen LogP contribution in [0.25, 0.3) is 0 Å². The molecule has 1 rings (SSSR count). The third-order valence-electron chi connectivity index (χ3n) is 4.28. The first-order chi connectivity index (χ1) is 11.9. The van der Waals surface area contributed by atoms with Crippen LogP contribution >= 0.6 is 0 Å². The van der Waals surface area contributed by atoms with E-state index in [1.54, 1.807) is 0 Å². The summed E-state index contributed by atoms with van der Waals surface area (Å²) in [6, 6.07) is 9.02. The van der Waals surface area contributed by atoms with Crippen molar-refractivity contribution in [3.05, 3.63) is 24.3 Å². The summed E-state index contributed by atoms with van der Waals surface area (Å²) in [5.41, 5.74) is 0. The van der Waals surface area contributed by atoms with Crippen LogP contribution in [0.15, 0.2) is 18.2 Å². The highest BCUT2D eigenvalue weighted by Crippen LogP contribution is 2.26. The second-order valence-electron chi connectivity index (χ2n) is 6.60. The average molecular weight is 334 g/mol. The summed E-state index contributed by atoms with van der Waals surface area (Å²) in [6.45, 7) is 6.04. The summed E-state index contributed by atoms with van der Waals surface area (Å²) >= 11 is 0. The predicted octanol–water partition coefficient (Wildman–Crippen LogP) is 6.97. The van der Waals surface area contributed by atoms with Crippen molar-refractivity contribution in [2.45, 2.75) is 90.9 Å². The quantitative estimate of drug-likeness (QED) is 0.304. The Morgan fingerprint density at radius 2 is 1.25 bits per heavy atom. The molecule has 0 amide bonds. The van der Waals surface area contributed by atoms with Gasteiger partial charge in [-0.15, -0.1) is 0 Å². The normalized spacial score (nSPS) is 10.8. The highest BCUT2D eigenvalue weighted by atomic mass is 16.5.